The Morgan fingerprint density at radius 2 is 1.91 bits per heavy atom. The van der Waals surface area contributed by atoms with E-state index in [1.165, 1.54) is 6.07 Å². The fourth-order valence-corrected chi connectivity index (χ4v) is 4.28. The summed E-state index contributed by atoms with van der Waals surface area (Å²) in [5, 5.41) is 10.7. The minimum absolute atomic E-state index is 0.144. The van der Waals surface area contributed by atoms with Crippen LogP contribution in [0.3, 0.4) is 0 Å². The molecule has 0 atom stereocenters. The normalized spacial score (nSPS) is 15.7. The summed E-state index contributed by atoms with van der Waals surface area (Å²) < 4.78 is 54.3. The Labute approximate surface area is 201 Å². The second-order valence-corrected chi connectivity index (χ2v) is 9.13. The van der Waals surface area contributed by atoms with Crippen molar-refractivity contribution in [2.75, 3.05) is 52.6 Å². The van der Waals surface area contributed by atoms with Crippen LogP contribution in [0.15, 0.2) is 30.5 Å². The van der Waals surface area contributed by atoms with Crippen molar-refractivity contribution in [3.63, 3.8) is 0 Å². The second kappa shape index (κ2) is 10.3. The van der Waals surface area contributed by atoms with Crippen LogP contribution in [0.5, 0.6) is 0 Å². The molecular weight excluding hydrogens is 462 g/mol. The number of likely N-dealkylation sites (tertiary alicyclic amines) is 1. The maximum atomic E-state index is 14.0. The molecule has 1 aliphatic heterocycles. The van der Waals surface area contributed by atoms with Crippen molar-refractivity contribution in [2.45, 2.75) is 24.9 Å². The molecule has 0 spiro atoms. The molecule has 2 N–H and O–H groups in total. The monoisotopic (exact) mass is 491 g/mol. The van der Waals surface area contributed by atoms with Gasteiger partial charge in [-0.2, -0.15) is 18.3 Å². The molecule has 2 aromatic heterocycles. The topological polar surface area (TPSA) is 73.0 Å². The van der Waals surface area contributed by atoms with Crippen LogP contribution < -0.4 is 5.32 Å². The smallest absolute Gasteiger partial charge is 0.353 e. The van der Waals surface area contributed by atoms with Crippen molar-refractivity contribution >= 4 is 5.95 Å². The van der Waals surface area contributed by atoms with Crippen LogP contribution in [-0.4, -0.2) is 77.3 Å². The molecule has 0 aliphatic carbocycles. The van der Waals surface area contributed by atoms with E-state index in [0.717, 1.165) is 50.3 Å². The number of anilines is 1. The molecule has 1 fully saturated rings. The molecular formula is C24H29F4N7. The van der Waals surface area contributed by atoms with Crippen molar-refractivity contribution in [1.82, 2.24) is 30.0 Å². The van der Waals surface area contributed by atoms with Crippen molar-refractivity contribution in [3.05, 3.63) is 47.5 Å². The van der Waals surface area contributed by atoms with Gasteiger partial charge < -0.3 is 15.1 Å². The Morgan fingerprint density at radius 3 is 2.60 bits per heavy atom. The number of hydrogen-bond donors (Lipinski definition) is 2. The Morgan fingerprint density at radius 1 is 1.17 bits per heavy atom. The SMILES string of the molecule is CN(C)CCNc1nccc(-c2c(-c3ccc(F)c(C(F)(F)F)c3)n[nH]c2C2CCN(C)CC2)n1. The van der Waals surface area contributed by atoms with Crippen molar-refractivity contribution < 1.29 is 17.6 Å². The molecule has 3 heterocycles. The number of alkyl halides is 3. The highest BCUT2D eigenvalue weighted by Gasteiger charge is 2.35. The first kappa shape index (κ1) is 25.1. The van der Waals surface area contributed by atoms with Gasteiger partial charge in [0.1, 0.15) is 11.5 Å². The Bertz CT molecular complexity index is 1150. The number of nitrogens with zero attached hydrogens (tertiary/aromatic N) is 5. The van der Waals surface area contributed by atoms with Crippen molar-refractivity contribution in [2.24, 2.45) is 0 Å². The molecule has 1 saturated heterocycles. The van der Waals surface area contributed by atoms with Gasteiger partial charge in [-0.1, -0.05) is 0 Å². The molecule has 7 nitrogen and oxygen atoms in total. The van der Waals surface area contributed by atoms with Crippen LogP contribution in [0.1, 0.15) is 30.0 Å². The van der Waals surface area contributed by atoms with Crippen LogP contribution in [0.4, 0.5) is 23.5 Å². The number of hydrogen-bond acceptors (Lipinski definition) is 6. The maximum Gasteiger partial charge on any atom is 0.419 e. The first-order chi connectivity index (χ1) is 16.6. The number of aromatic nitrogens is 4. The summed E-state index contributed by atoms with van der Waals surface area (Å²) in [6, 6.07) is 4.68. The summed E-state index contributed by atoms with van der Waals surface area (Å²) in [6.45, 7) is 3.20. The zero-order valence-corrected chi connectivity index (χ0v) is 20.0. The van der Waals surface area contributed by atoms with Gasteiger partial charge in [0.2, 0.25) is 5.95 Å². The summed E-state index contributed by atoms with van der Waals surface area (Å²) in [5.41, 5.74) is 1.15. The van der Waals surface area contributed by atoms with Crippen molar-refractivity contribution in [1.29, 1.82) is 0 Å². The summed E-state index contributed by atoms with van der Waals surface area (Å²) in [7, 11) is 5.98. The van der Waals surface area contributed by atoms with Gasteiger partial charge in [-0.15, -0.1) is 0 Å². The van der Waals surface area contributed by atoms with E-state index in [9.17, 15) is 17.6 Å². The van der Waals surface area contributed by atoms with E-state index >= 15 is 0 Å². The van der Waals surface area contributed by atoms with Gasteiger partial charge in [-0.3, -0.25) is 5.10 Å². The molecule has 0 saturated carbocycles. The van der Waals surface area contributed by atoms with E-state index in [0.29, 0.717) is 29.4 Å². The van der Waals surface area contributed by atoms with Crippen LogP contribution in [-0.2, 0) is 6.18 Å². The molecule has 0 unspecified atom stereocenters. The standard InChI is InChI=1S/C24H29F4N7/c1-34(2)13-10-30-23-29-9-6-19(31-23)20-21(15-7-11-35(3)12-8-15)32-33-22(20)16-4-5-18(25)17(14-16)24(26,27)28/h4-6,9,14-15H,7-8,10-13H2,1-3H3,(H,32,33)(H,29,30,31). The summed E-state index contributed by atoms with van der Waals surface area (Å²) in [4.78, 5) is 13.2. The van der Waals surface area contributed by atoms with Gasteiger partial charge in [-0.05, 0) is 71.3 Å². The first-order valence-electron chi connectivity index (χ1n) is 11.5. The fourth-order valence-electron chi connectivity index (χ4n) is 4.28. The predicted molar refractivity (Wildman–Crippen MR) is 127 cm³/mol. The van der Waals surface area contributed by atoms with Crippen molar-refractivity contribution in [3.8, 4) is 22.5 Å². The molecule has 0 bridgehead atoms. The van der Waals surface area contributed by atoms with Gasteiger partial charge >= 0.3 is 6.18 Å². The van der Waals surface area contributed by atoms with E-state index in [1.807, 2.05) is 19.0 Å². The molecule has 11 heteroatoms. The van der Waals surface area contributed by atoms with Gasteiger partial charge in [-0.25, -0.2) is 14.4 Å². The molecule has 0 amide bonds. The number of aromatic amines is 1. The number of piperidine rings is 1. The highest BCUT2D eigenvalue weighted by molar-refractivity contribution is 5.82. The van der Waals surface area contributed by atoms with Gasteiger partial charge in [0.25, 0.3) is 0 Å². The minimum Gasteiger partial charge on any atom is -0.353 e. The van der Waals surface area contributed by atoms with Crippen LogP contribution in [0.25, 0.3) is 22.5 Å². The highest BCUT2D eigenvalue weighted by atomic mass is 19.4. The summed E-state index contributed by atoms with van der Waals surface area (Å²) in [5.74, 6) is -0.755. The molecule has 1 aliphatic rings. The van der Waals surface area contributed by atoms with Crippen LogP contribution >= 0.6 is 0 Å². The largest absolute Gasteiger partial charge is 0.419 e. The number of likely N-dealkylation sites (N-methyl/N-ethyl adjacent to an activating group) is 1. The van der Waals surface area contributed by atoms with E-state index in [-0.39, 0.29) is 11.5 Å². The number of benzene rings is 1. The molecule has 188 valence electrons. The Kier molecular flexibility index (Phi) is 7.36. The lowest BCUT2D eigenvalue weighted by molar-refractivity contribution is -0.139. The lowest BCUT2D eigenvalue weighted by Crippen LogP contribution is -2.29. The quantitative estimate of drug-likeness (QED) is 0.475. The third-order valence-electron chi connectivity index (χ3n) is 6.22. The maximum absolute atomic E-state index is 14.0. The van der Waals surface area contributed by atoms with Gasteiger partial charge in [0.15, 0.2) is 0 Å². The average molecular weight is 492 g/mol. The van der Waals surface area contributed by atoms with E-state index in [2.05, 4.69) is 37.4 Å². The van der Waals surface area contributed by atoms with E-state index < -0.39 is 17.6 Å². The zero-order valence-electron chi connectivity index (χ0n) is 20.0. The minimum atomic E-state index is -4.81. The van der Waals surface area contributed by atoms with E-state index in [4.69, 9.17) is 0 Å². The Hall–Kier alpha value is -3.05. The summed E-state index contributed by atoms with van der Waals surface area (Å²) >= 11 is 0. The lowest BCUT2D eigenvalue weighted by atomic mass is 9.89. The molecule has 35 heavy (non-hydrogen) atoms. The number of halogens is 4. The second-order valence-electron chi connectivity index (χ2n) is 9.13. The molecule has 1 aromatic carbocycles. The van der Waals surface area contributed by atoms with E-state index in [1.54, 1.807) is 12.3 Å². The van der Waals surface area contributed by atoms with Crippen LogP contribution in [0.2, 0.25) is 0 Å². The number of H-pyrrole nitrogens is 1. The Balaban J connectivity index is 1.79. The lowest BCUT2D eigenvalue weighted by Gasteiger charge is -2.28. The highest BCUT2D eigenvalue weighted by Crippen LogP contribution is 2.41. The molecule has 3 aromatic rings. The average Bonchev–Trinajstić information content (AvgIpc) is 3.24. The summed E-state index contributed by atoms with van der Waals surface area (Å²) in [6.07, 6.45) is -1.45. The third-order valence-corrected chi connectivity index (χ3v) is 6.22. The van der Waals surface area contributed by atoms with Gasteiger partial charge in [0.05, 0.1) is 11.3 Å². The third kappa shape index (κ3) is 5.79. The number of rotatable bonds is 7. The first-order valence-corrected chi connectivity index (χ1v) is 11.5. The zero-order chi connectivity index (χ0) is 25.2. The van der Waals surface area contributed by atoms with Crippen LogP contribution in [0, 0.1) is 5.82 Å². The predicted octanol–water partition coefficient (Wildman–Crippen LogP) is 4.47. The van der Waals surface area contributed by atoms with Gasteiger partial charge in [0, 0.05) is 42.0 Å². The number of nitrogens with one attached hydrogen (secondary N) is 2. The molecule has 4 rings (SSSR count). The molecule has 0 radical (unpaired) electrons. The fraction of sp³-hybridized carbons (Fsp3) is 0.458.